The quantitative estimate of drug-likeness (QED) is 0.641. The van der Waals surface area contributed by atoms with E-state index in [1.165, 1.54) is 12.5 Å². The number of anilines is 1. The lowest BCUT2D eigenvalue weighted by Gasteiger charge is -2.06. The normalized spacial score (nSPS) is 9.44. The van der Waals surface area contributed by atoms with Crippen molar-refractivity contribution in [3.8, 4) is 0 Å². The molecule has 0 saturated carbocycles. The molecule has 1 rings (SSSR count). The van der Waals surface area contributed by atoms with Crippen molar-refractivity contribution in [1.29, 1.82) is 0 Å². The predicted molar refractivity (Wildman–Crippen MR) is 69.8 cm³/mol. The number of thiocarbonyl (C=S) groups is 1. The molecule has 0 aliphatic heterocycles. The Labute approximate surface area is 112 Å². The van der Waals surface area contributed by atoms with Gasteiger partial charge >= 0.3 is 12.1 Å². The highest BCUT2D eigenvalue weighted by atomic mass is 32.1. The summed E-state index contributed by atoms with van der Waals surface area (Å²) in [7, 11) is 1.27. The Hall–Kier alpha value is -1.74. The van der Waals surface area contributed by atoms with E-state index in [1.54, 1.807) is 6.92 Å². The lowest BCUT2D eigenvalue weighted by Crippen LogP contribution is -2.34. The Balaban J connectivity index is 2.52. The summed E-state index contributed by atoms with van der Waals surface area (Å²) in [4.78, 5) is 26.1. The van der Waals surface area contributed by atoms with Gasteiger partial charge in [-0.25, -0.2) is 14.6 Å². The van der Waals surface area contributed by atoms with Crippen molar-refractivity contribution in [1.82, 2.24) is 10.3 Å². The minimum atomic E-state index is -0.653. The largest absolute Gasteiger partial charge is 0.464 e. The van der Waals surface area contributed by atoms with Crippen LogP contribution >= 0.6 is 23.6 Å². The highest BCUT2D eigenvalue weighted by Gasteiger charge is 2.12. The highest BCUT2D eigenvalue weighted by molar-refractivity contribution is 7.80. The van der Waals surface area contributed by atoms with E-state index in [1.807, 2.05) is 0 Å². The maximum absolute atomic E-state index is 11.1. The number of hydrogen-bond acceptors (Lipinski definition) is 7. The molecule has 0 bridgehead atoms. The molecule has 18 heavy (non-hydrogen) atoms. The summed E-state index contributed by atoms with van der Waals surface area (Å²) in [6.07, 6.45) is -0.653. The number of aromatic nitrogens is 1. The lowest BCUT2D eigenvalue weighted by atomic mass is 10.5. The van der Waals surface area contributed by atoms with Gasteiger partial charge in [0.2, 0.25) is 0 Å². The van der Waals surface area contributed by atoms with Crippen molar-refractivity contribution in [2.45, 2.75) is 6.92 Å². The number of esters is 1. The molecule has 0 spiro atoms. The first-order valence-corrected chi connectivity index (χ1v) is 6.14. The van der Waals surface area contributed by atoms with E-state index in [-0.39, 0.29) is 17.4 Å². The number of nitrogens with zero attached hydrogens (tertiary/aromatic N) is 1. The van der Waals surface area contributed by atoms with Crippen LogP contribution in [-0.4, -0.2) is 35.9 Å². The Morgan fingerprint density at radius 1 is 1.56 bits per heavy atom. The van der Waals surface area contributed by atoms with Crippen LogP contribution in [-0.2, 0) is 9.47 Å². The summed E-state index contributed by atoms with van der Waals surface area (Å²) < 4.78 is 9.15. The third kappa shape index (κ3) is 4.26. The van der Waals surface area contributed by atoms with Crippen molar-refractivity contribution < 1.29 is 19.1 Å². The fraction of sp³-hybridized carbons (Fsp3) is 0.333. The molecule has 1 aromatic heterocycles. The topological polar surface area (TPSA) is 89.5 Å². The Morgan fingerprint density at radius 3 is 2.89 bits per heavy atom. The molecule has 0 saturated heterocycles. The average molecular weight is 289 g/mol. The van der Waals surface area contributed by atoms with Gasteiger partial charge in [0.15, 0.2) is 15.9 Å². The molecule has 7 nitrogen and oxygen atoms in total. The van der Waals surface area contributed by atoms with Crippen LogP contribution in [0.3, 0.4) is 0 Å². The summed E-state index contributed by atoms with van der Waals surface area (Å²) >= 11 is 6.02. The fourth-order valence-electron chi connectivity index (χ4n) is 0.918. The number of hydrogen-bond donors (Lipinski definition) is 2. The van der Waals surface area contributed by atoms with E-state index in [0.717, 1.165) is 11.3 Å². The van der Waals surface area contributed by atoms with Gasteiger partial charge in [0, 0.05) is 5.38 Å². The number of nitrogens with one attached hydrogen (secondary N) is 2. The monoisotopic (exact) mass is 289 g/mol. The molecule has 0 radical (unpaired) electrons. The van der Waals surface area contributed by atoms with E-state index in [4.69, 9.17) is 12.2 Å². The number of alkyl carbamates (subject to hydrolysis) is 1. The third-order valence-corrected chi connectivity index (χ3v) is 2.57. The molecule has 0 unspecified atom stereocenters. The van der Waals surface area contributed by atoms with Gasteiger partial charge in [-0.2, -0.15) is 0 Å². The van der Waals surface area contributed by atoms with E-state index in [0.29, 0.717) is 5.13 Å². The predicted octanol–water partition coefficient (Wildman–Crippen LogP) is 1.37. The van der Waals surface area contributed by atoms with Gasteiger partial charge in [0.25, 0.3) is 0 Å². The molecule has 2 N–H and O–H groups in total. The van der Waals surface area contributed by atoms with Gasteiger partial charge in [-0.05, 0) is 19.1 Å². The number of thiazole rings is 1. The molecular weight excluding hydrogens is 278 g/mol. The van der Waals surface area contributed by atoms with Gasteiger partial charge < -0.3 is 14.8 Å². The third-order valence-electron chi connectivity index (χ3n) is 1.61. The molecule has 0 atom stereocenters. The summed E-state index contributed by atoms with van der Waals surface area (Å²) in [5.41, 5.74) is 0.170. The molecule has 0 fully saturated rings. The molecule has 0 aromatic carbocycles. The smallest absolute Gasteiger partial charge is 0.413 e. The number of carbonyl (C=O) groups is 2. The number of carbonyl (C=O) groups excluding carboxylic acids is 2. The Bertz CT molecular complexity index is 460. The summed E-state index contributed by atoms with van der Waals surface area (Å²) in [5.74, 6) is -0.538. The second-order valence-corrected chi connectivity index (χ2v) is 4.10. The van der Waals surface area contributed by atoms with Gasteiger partial charge in [-0.15, -0.1) is 11.3 Å². The molecule has 0 aliphatic rings. The summed E-state index contributed by atoms with van der Waals surface area (Å²) in [5, 5.41) is 6.87. The van der Waals surface area contributed by atoms with Gasteiger partial charge in [-0.1, -0.05) is 0 Å². The average Bonchev–Trinajstić information content (AvgIpc) is 2.76. The molecule has 1 aromatic rings. The van der Waals surface area contributed by atoms with Gasteiger partial charge in [0.1, 0.15) is 0 Å². The van der Waals surface area contributed by atoms with E-state index < -0.39 is 12.1 Å². The van der Waals surface area contributed by atoms with Crippen LogP contribution in [0.5, 0.6) is 0 Å². The van der Waals surface area contributed by atoms with Crippen molar-refractivity contribution in [2.75, 3.05) is 19.0 Å². The fourth-order valence-corrected chi connectivity index (χ4v) is 1.85. The summed E-state index contributed by atoms with van der Waals surface area (Å²) in [6.45, 7) is 1.93. The van der Waals surface area contributed by atoms with Crippen molar-refractivity contribution >= 4 is 45.9 Å². The van der Waals surface area contributed by atoms with E-state index in [2.05, 4.69) is 25.1 Å². The minimum Gasteiger partial charge on any atom is -0.464 e. The number of methoxy groups -OCH3 is 1. The van der Waals surface area contributed by atoms with E-state index in [9.17, 15) is 9.59 Å². The van der Waals surface area contributed by atoms with Crippen LogP contribution in [0.2, 0.25) is 0 Å². The Morgan fingerprint density at radius 2 is 2.28 bits per heavy atom. The zero-order chi connectivity index (χ0) is 13.5. The maximum Gasteiger partial charge on any atom is 0.413 e. The first-order valence-electron chi connectivity index (χ1n) is 4.85. The molecular formula is C9H11N3O4S2. The standard InChI is InChI=1S/C9H11N3O4S2/c1-3-16-9(14)12-7(17)11-8-10-5(4-18-8)6(13)15-2/h4H,3H2,1-2H3,(H2,10,11,12,14,17). The molecule has 0 aliphatic carbocycles. The van der Waals surface area contributed by atoms with Crippen LogP contribution in [0.15, 0.2) is 5.38 Å². The zero-order valence-electron chi connectivity index (χ0n) is 9.68. The van der Waals surface area contributed by atoms with Crippen LogP contribution in [0, 0.1) is 0 Å². The van der Waals surface area contributed by atoms with Crippen LogP contribution < -0.4 is 10.6 Å². The van der Waals surface area contributed by atoms with Crippen molar-refractivity contribution in [2.24, 2.45) is 0 Å². The first kappa shape index (κ1) is 14.3. The lowest BCUT2D eigenvalue weighted by molar-refractivity contribution is 0.0595. The van der Waals surface area contributed by atoms with Gasteiger partial charge in [0.05, 0.1) is 13.7 Å². The number of ether oxygens (including phenoxy) is 2. The number of rotatable bonds is 3. The zero-order valence-corrected chi connectivity index (χ0v) is 11.3. The molecule has 1 heterocycles. The Kier molecular flexibility index (Phi) is 5.46. The van der Waals surface area contributed by atoms with E-state index >= 15 is 0 Å². The summed E-state index contributed by atoms with van der Waals surface area (Å²) in [6, 6.07) is 0. The van der Waals surface area contributed by atoms with Crippen LogP contribution in [0.1, 0.15) is 17.4 Å². The van der Waals surface area contributed by atoms with Crippen molar-refractivity contribution in [3.05, 3.63) is 11.1 Å². The molecule has 9 heteroatoms. The molecule has 98 valence electrons. The number of amides is 1. The minimum absolute atomic E-state index is 0.0409. The highest BCUT2D eigenvalue weighted by Crippen LogP contribution is 2.15. The van der Waals surface area contributed by atoms with Crippen LogP contribution in [0.4, 0.5) is 9.93 Å². The van der Waals surface area contributed by atoms with Gasteiger partial charge in [-0.3, -0.25) is 5.32 Å². The SMILES string of the molecule is CCOC(=O)NC(=S)Nc1nc(C(=O)OC)cs1. The first-order chi connectivity index (χ1) is 8.56. The second-order valence-electron chi connectivity index (χ2n) is 2.83. The van der Waals surface area contributed by atoms with Crippen LogP contribution in [0.25, 0.3) is 0 Å². The second kappa shape index (κ2) is 6.87. The maximum atomic E-state index is 11.1. The van der Waals surface area contributed by atoms with Crippen molar-refractivity contribution in [3.63, 3.8) is 0 Å². The molecule has 1 amide bonds.